The van der Waals surface area contributed by atoms with Crippen molar-refractivity contribution in [2.45, 2.75) is 37.0 Å². The van der Waals surface area contributed by atoms with E-state index in [2.05, 4.69) is 15.7 Å². The number of thioether (sulfide) groups is 1. The van der Waals surface area contributed by atoms with Crippen LogP contribution >= 0.6 is 11.8 Å². The Bertz CT molecular complexity index is 1240. The lowest BCUT2D eigenvalue weighted by Crippen LogP contribution is -2.34. The maximum atomic E-state index is 12.9. The minimum Gasteiger partial charge on any atom is -0.451 e. The van der Waals surface area contributed by atoms with Gasteiger partial charge in [-0.3, -0.25) is 14.4 Å². The van der Waals surface area contributed by atoms with Gasteiger partial charge in [0.25, 0.3) is 5.91 Å². The van der Waals surface area contributed by atoms with Crippen molar-refractivity contribution in [1.29, 1.82) is 0 Å². The lowest BCUT2D eigenvalue weighted by Gasteiger charge is -2.13. The zero-order chi connectivity index (χ0) is 22.1. The number of benzene rings is 1. The molecule has 1 atom stereocenters. The van der Waals surface area contributed by atoms with Crippen molar-refractivity contribution in [3.8, 4) is 0 Å². The van der Waals surface area contributed by atoms with Gasteiger partial charge in [-0.2, -0.15) is 16.9 Å². The molecule has 2 aliphatic heterocycles. The van der Waals surface area contributed by atoms with Gasteiger partial charge >= 0.3 is 0 Å². The number of fused-ring (bicyclic) bond motifs is 2. The van der Waals surface area contributed by atoms with Crippen LogP contribution in [0.4, 0.5) is 5.82 Å². The number of nitrogens with zero attached hydrogens (tertiary/aromatic N) is 2. The standard InChI is InChI=1S/C22H22N4O5S/c27-17-8-19(31-18-6-2-1-5-14(17)18)22(29)24-21-15-11-32-12-16(15)25-26(21)10-20(28)23-9-13-4-3-7-30-13/h1-2,5-6,8,13H,3-4,7,9-12H2,(H,23,28)(H,24,29)/t13-/m1/s1. The van der Waals surface area contributed by atoms with Gasteiger partial charge in [0.1, 0.15) is 17.9 Å². The number of rotatable bonds is 6. The van der Waals surface area contributed by atoms with Crippen LogP contribution in [0.1, 0.15) is 34.7 Å². The molecule has 1 fully saturated rings. The number of hydrogen-bond acceptors (Lipinski definition) is 7. The molecule has 2 amide bonds. The number of carbonyl (C=O) groups excluding carboxylic acids is 2. The topological polar surface area (TPSA) is 115 Å². The van der Waals surface area contributed by atoms with Gasteiger partial charge in [0, 0.05) is 36.3 Å². The molecule has 1 saturated heterocycles. The van der Waals surface area contributed by atoms with E-state index in [0.29, 0.717) is 34.8 Å². The number of anilines is 1. The molecule has 1 aromatic carbocycles. The maximum Gasteiger partial charge on any atom is 0.292 e. The first-order valence-corrected chi connectivity index (χ1v) is 11.6. The summed E-state index contributed by atoms with van der Waals surface area (Å²) in [5.41, 5.74) is 1.78. The monoisotopic (exact) mass is 454 g/mol. The predicted molar refractivity (Wildman–Crippen MR) is 120 cm³/mol. The zero-order valence-corrected chi connectivity index (χ0v) is 18.1. The third-order valence-electron chi connectivity index (χ3n) is 5.55. The molecule has 0 saturated carbocycles. The molecular formula is C22H22N4O5S. The van der Waals surface area contributed by atoms with E-state index in [-0.39, 0.29) is 29.7 Å². The van der Waals surface area contributed by atoms with Gasteiger partial charge in [-0.05, 0) is 25.0 Å². The number of amides is 2. The van der Waals surface area contributed by atoms with Crippen LogP contribution in [0.5, 0.6) is 0 Å². The maximum absolute atomic E-state index is 12.9. The van der Waals surface area contributed by atoms with E-state index >= 15 is 0 Å². The van der Waals surface area contributed by atoms with Crippen LogP contribution in [0, 0.1) is 0 Å². The average molecular weight is 455 g/mol. The summed E-state index contributed by atoms with van der Waals surface area (Å²) in [5.74, 6) is 0.995. The summed E-state index contributed by atoms with van der Waals surface area (Å²) < 4.78 is 12.7. The summed E-state index contributed by atoms with van der Waals surface area (Å²) in [5, 5.41) is 10.6. The van der Waals surface area contributed by atoms with Gasteiger partial charge in [0.05, 0.1) is 17.2 Å². The minimum absolute atomic E-state index is 0.0261. The number of aromatic nitrogens is 2. The Morgan fingerprint density at radius 2 is 2.12 bits per heavy atom. The zero-order valence-electron chi connectivity index (χ0n) is 17.3. The fraction of sp³-hybridized carbons (Fsp3) is 0.364. The molecule has 32 heavy (non-hydrogen) atoms. The van der Waals surface area contributed by atoms with Crippen LogP contribution in [0.2, 0.25) is 0 Å². The second-order valence-electron chi connectivity index (χ2n) is 7.79. The molecular weight excluding hydrogens is 432 g/mol. The van der Waals surface area contributed by atoms with E-state index < -0.39 is 5.91 Å². The molecule has 9 nitrogen and oxygen atoms in total. The number of nitrogens with one attached hydrogen (secondary N) is 2. The van der Waals surface area contributed by atoms with Crippen molar-refractivity contribution >= 4 is 40.4 Å². The summed E-state index contributed by atoms with van der Waals surface area (Å²) in [7, 11) is 0. The average Bonchev–Trinajstić information content (AvgIpc) is 3.52. The second-order valence-corrected chi connectivity index (χ2v) is 8.77. The van der Waals surface area contributed by atoms with Crippen LogP contribution in [-0.2, 0) is 27.6 Å². The number of ether oxygens (including phenoxy) is 1. The lowest BCUT2D eigenvalue weighted by atomic mass is 10.2. The second kappa shape index (κ2) is 8.79. The molecule has 0 spiro atoms. The molecule has 10 heteroatoms. The Balaban J connectivity index is 1.35. The molecule has 2 aliphatic rings. The summed E-state index contributed by atoms with van der Waals surface area (Å²) >= 11 is 1.69. The van der Waals surface area contributed by atoms with Crippen LogP contribution in [0.3, 0.4) is 0 Å². The smallest absolute Gasteiger partial charge is 0.292 e. The number of carbonyl (C=O) groups is 2. The van der Waals surface area contributed by atoms with Crippen LogP contribution in [-0.4, -0.2) is 40.9 Å². The first-order valence-electron chi connectivity index (χ1n) is 10.5. The summed E-state index contributed by atoms with van der Waals surface area (Å²) in [6.45, 7) is 1.16. The molecule has 0 bridgehead atoms. The van der Waals surface area contributed by atoms with Crippen molar-refractivity contribution < 1.29 is 18.7 Å². The van der Waals surface area contributed by atoms with Crippen molar-refractivity contribution in [3.05, 3.63) is 57.6 Å². The van der Waals surface area contributed by atoms with E-state index in [1.807, 2.05) is 0 Å². The van der Waals surface area contributed by atoms with Crippen molar-refractivity contribution in [2.75, 3.05) is 18.5 Å². The van der Waals surface area contributed by atoms with Crippen molar-refractivity contribution in [1.82, 2.24) is 15.1 Å². The fourth-order valence-corrected chi connectivity index (χ4v) is 4.97. The molecule has 2 N–H and O–H groups in total. The highest BCUT2D eigenvalue weighted by atomic mass is 32.2. The summed E-state index contributed by atoms with van der Waals surface area (Å²) in [4.78, 5) is 37.8. The van der Waals surface area contributed by atoms with E-state index in [0.717, 1.165) is 30.7 Å². The molecule has 166 valence electrons. The minimum atomic E-state index is -0.562. The highest BCUT2D eigenvalue weighted by molar-refractivity contribution is 7.98. The van der Waals surface area contributed by atoms with E-state index in [1.165, 1.54) is 10.7 Å². The highest BCUT2D eigenvalue weighted by Crippen LogP contribution is 2.35. The Morgan fingerprint density at radius 3 is 2.97 bits per heavy atom. The molecule has 4 heterocycles. The third kappa shape index (κ3) is 4.15. The van der Waals surface area contributed by atoms with E-state index in [4.69, 9.17) is 9.15 Å². The SMILES string of the molecule is O=C(Cn1nc2c(c1NC(=O)c1cc(=O)c3ccccc3o1)CSC2)NC[C@H]1CCCO1. The molecule has 2 aromatic heterocycles. The molecule has 3 aromatic rings. The Kier molecular flexibility index (Phi) is 5.71. The van der Waals surface area contributed by atoms with Crippen molar-refractivity contribution in [2.24, 2.45) is 0 Å². The van der Waals surface area contributed by atoms with E-state index in [9.17, 15) is 14.4 Å². The first-order chi connectivity index (χ1) is 15.6. The van der Waals surface area contributed by atoms with Gasteiger partial charge < -0.3 is 19.8 Å². The van der Waals surface area contributed by atoms with Crippen LogP contribution in [0.25, 0.3) is 11.0 Å². The van der Waals surface area contributed by atoms with Gasteiger partial charge in [-0.25, -0.2) is 4.68 Å². The largest absolute Gasteiger partial charge is 0.451 e. The quantitative estimate of drug-likeness (QED) is 0.587. The Labute approximate surface area is 187 Å². The van der Waals surface area contributed by atoms with Gasteiger partial charge in [-0.1, -0.05) is 12.1 Å². The number of hydrogen-bond donors (Lipinski definition) is 2. The first kappa shape index (κ1) is 20.8. The number of para-hydroxylation sites is 1. The normalized spacial score (nSPS) is 17.4. The van der Waals surface area contributed by atoms with Crippen molar-refractivity contribution in [3.63, 3.8) is 0 Å². The predicted octanol–water partition coefficient (Wildman–Crippen LogP) is 2.28. The Morgan fingerprint density at radius 1 is 1.25 bits per heavy atom. The fourth-order valence-electron chi connectivity index (χ4n) is 3.93. The van der Waals surface area contributed by atoms with E-state index in [1.54, 1.807) is 36.0 Å². The summed E-state index contributed by atoms with van der Waals surface area (Å²) in [6.07, 6.45) is 1.99. The Hall–Kier alpha value is -3.11. The molecule has 0 radical (unpaired) electrons. The van der Waals surface area contributed by atoms with Crippen LogP contribution in [0.15, 0.2) is 39.5 Å². The van der Waals surface area contributed by atoms with Gasteiger partial charge in [0.15, 0.2) is 11.2 Å². The van der Waals surface area contributed by atoms with Gasteiger partial charge in [-0.15, -0.1) is 0 Å². The van der Waals surface area contributed by atoms with Crippen LogP contribution < -0.4 is 16.1 Å². The lowest BCUT2D eigenvalue weighted by molar-refractivity contribution is -0.122. The molecule has 0 unspecified atom stereocenters. The summed E-state index contributed by atoms with van der Waals surface area (Å²) in [6, 6.07) is 7.95. The molecule has 5 rings (SSSR count). The highest BCUT2D eigenvalue weighted by Gasteiger charge is 2.26. The molecule has 0 aliphatic carbocycles. The van der Waals surface area contributed by atoms with Gasteiger partial charge in [0.2, 0.25) is 5.91 Å². The third-order valence-corrected chi connectivity index (χ3v) is 6.52.